The number of aliphatic hydroxyl groups is 2. The van der Waals surface area contributed by atoms with Crippen LogP contribution in [0.25, 0.3) is 0 Å². The fraction of sp³-hybridized carbons (Fsp3) is 0.286. The van der Waals surface area contributed by atoms with Crippen LogP contribution in [0.4, 0.5) is 5.69 Å². The van der Waals surface area contributed by atoms with Crippen molar-refractivity contribution in [2.24, 2.45) is 0 Å². The number of hydrogen-bond donors (Lipinski definition) is 2. The van der Waals surface area contributed by atoms with E-state index >= 15 is 0 Å². The molecule has 0 spiro atoms. The van der Waals surface area contributed by atoms with Gasteiger partial charge >= 0.3 is 0 Å². The second-order valence-electron chi connectivity index (χ2n) is 13.5. The van der Waals surface area contributed by atoms with E-state index in [4.69, 9.17) is 18.9 Å². The largest absolute Gasteiger partial charge is 0.497 e. The Balaban J connectivity index is 1.25. The molecule has 5 aromatic rings. The van der Waals surface area contributed by atoms with Crippen molar-refractivity contribution >= 4 is 5.69 Å². The Morgan fingerprint density at radius 1 is 0.510 bits per heavy atom. The minimum Gasteiger partial charge on any atom is -0.497 e. The van der Waals surface area contributed by atoms with Gasteiger partial charge in [-0.2, -0.15) is 0 Å². The Morgan fingerprint density at radius 3 is 1.22 bits per heavy atom. The van der Waals surface area contributed by atoms with Gasteiger partial charge in [-0.05, 0) is 93.9 Å². The summed E-state index contributed by atoms with van der Waals surface area (Å²) in [4.78, 5) is 2.14. The monoisotopic (exact) mass is 659 g/mol. The summed E-state index contributed by atoms with van der Waals surface area (Å²) in [6, 6.07) is 38.6. The van der Waals surface area contributed by atoms with Gasteiger partial charge in [0.1, 0.15) is 48.4 Å². The molecule has 2 N–H and O–H groups in total. The van der Waals surface area contributed by atoms with Crippen LogP contribution in [0.1, 0.15) is 60.7 Å². The summed E-state index contributed by atoms with van der Waals surface area (Å²) < 4.78 is 22.6. The summed E-state index contributed by atoms with van der Waals surface area (Å²) >= 11 is 0. The molecular formula is C42H45NO6. The fourth-order valence-electron chi connectivity index (χ4n) is 6.35. The summed E-state index contributed by atoms with van der Waals surface area (Å²) in [6.07, 6.45) is -2.08. The van der Waals surface area contributed by atoms with Crippen molar-refractivity contribution in [3.8, 4) is 23.0 Å². The smallest absolute Gasteiger partial charge is 0.119 e. The zero-order valence-corrected chi connectivity index (χ0v) is 28.7. The molecule has 1 heterocycles. The highest BCUT2D eigenvalue weighted by Gasteiger charge is 2.49. The lowest BCUT2D eigenvalue weighted by molar-refractivity contribution is 0.0276. The maximum absolute atomic E-state index is 11.7. The number of anilines is 1. The molecule has 4 atom stereocenters. The van der Waals surface area contributed by atoms with Gasteiger partial charge in [0.05, 0.1) is 26.3 Å². The van der Waals surface area contributed by atoms with Gasteiger partial charge in [-0.15, -0.1) is 0 Å². The third-order valence-electron chi connectivity index (χ3n) is 9.20. The summed E-state index contributed by atoms with van der Waals surface area (Å²) in [5.41, 5.74) is 5.94. The first-order chi connectivity index (χ1) is 23.6. The molecule has 7 heteroatoms. The zero-order chi connectivity index (χ0) is 34.5. The highest BCUT2D eigenvalue weighted by Crippen LogP contribution is 2.48. The van der Waals surface area contributed by atoms with Crippen molar-refractivity contribution in [2.45, 2.75) is 63.7 Å². The summed E-state index contributed by atoms with van der Waals surface area (Å²) in [5.74, 6) is 3.04. The average Bonchev–Trinajstić information content (AvgIpc) is 3.39. The zero-order valence-electron chi connectivity index (χ0n) is 28.7. The standard InChI is InChI=1S/C42H45NO6/c1-42(2,3)32-14-16-33(17-15-32)43-38(30-10-22-36(23-11-30)48-26-28-6-18-34(46-4)19-7-28)40(44)41(45)39(43)31-12-24-37(25-13-31)49-27-29-8-20-35(47-5)21-9-29/h6-25,38-41,44-45H,26-27H2,1-5H3/t38-,39-,40-,41-/m1/s1. The Morgan fingerprint density at radius 2 is 0.878 bits per heavy atom. The maximum Gasteiger partial charge on any atom is 0.119 e. The molecule has 49 heavy (non-hydrogen) atoms. The predicted octanol–water partition coefficient (Wildman–Crippen LogP) is 8.18. The minimum absolute atomic E-state index is 0.00926. The second-order valence-corrected chi connectivity index (χ2v) is 13.5. The summed E-state index contributed by atoms with van der Waals surface area (Å²) in [5, 5.41) is 23.3. The Kier molecular flexibility index (Phi) is 10.1. The number of rotatable bonds is 11. The van der Waals surface area contributed by atoms with Crippen LogP contribution >= 0.6 is 0 Å². The van der Waals surface area contributed by atoms with Gasteiger partial charge in [0.2, 0.25) is 0 Å². The van der Waals surface area contributed by atoms with Crippen LogP contribution in [0.5, 0.6) is 23.0 Å². The van der Waals surface area contributed by atoms with Crippen LogP contribution in [0, 0.1) is 0 Å². The summed E-state index contributed by atoms with van der Waals surface area (Å²) in [6.45, 7) is 7.40. The number of aliphatic hydroxyl groups excluding tert-OH is 2. The van der Waals surface area contributed by atoms with E-state index in [1.165, 1.54) is 5.56 Å². The van der Waals surface area contributed by atoms with Gasteiger partial charge in [-0.3, -0.25) is 0 Å². The maximum atomic E-state index is 11.7. The van der Waals surface area contributed by atoms with E-state index in [1.54, 1.807) is 14.2 Å². The molecule has 6 rings (SSSR count). The number of hydrogen-bond acceptors (Lipinski definition) is 7. The van der Waals surface area contributed by atoms with Gasteiger partial charge < -0.3 is 34.1 Å². The Bertz CT molecular complexity index is 1670. The molecule has 254 valence electrons. The average molecular weight is 660 g/mol. The van der Waals surface area contributed by atoms with Crippen LogP contribution in [0.15, 0.2) is 121 Å². The second kappa shape index (κ2) is 14.6. The molecule has 5 aromatic carbocycles. The lowest BCUT2D eigenvalue weighted by Gasteiger charge is -2.34. The lowest BCUT2D eigenvalue weighted by Crippen LogP contribution is -2.29. The Labute approximate surface area is 289 Å². The van der Waals surface area contributed by atoms with Crippen molar-refractivity contribution in [1.29, 1.82) is 0 Å². The molecule has 7 nitrogen and oxygen atoms in total. The van der Waals surface area contributed by atoms with Gasteiger partial charge in [0, 0.05) is 5.69 Å². The first kappa shape index (κ1) is 33.9. The topological polar surface area (TPSA) is 80.6 Å². The van der Waals surface area contributed by atoms with E-state index in [2.05, 4.69) is 49.9 Å². The Hall–Kier alpha value is -4.98. The van der Waals surface area contributed by atoms with Crippen LogP contribution in [0.2, 0.25) is 0 Å². The van der Waals surface area contributed by atoms with Gasteiger partial charge in [-0.1, -0.05) is 81.4 Å². The minimum atomic E-state index is -1.04. The van der Waals surface area contributed by atoms with Gasteiger partial charge in [-0.25, -0.2) is 0 Å². The van der Waals surface area contributed by atoms with E-state index in [-0.39, 0.29) is 5.41 Å². The molecule has 0 radical (unpaired) electrons. The van der Waals surface area contributed by atoms with Crippen LogP contribution in [0.3, 0.4) is 0 Å². The van der Waals surface area contributed by atoms with E-state index in [9.17, 15) is 10.2 Å². The molecule has 0 unspecified atom stereocenters. The third-order valence-corrected chi connectivity index (χ3v) is 9.20. The van der Waals surface area contributed by atoms with E-state index in [1.807, 2.05) is 97.1 Å². The molecule has 0 amide bonds. The van der Waals surface area contributed by atoms with Crippen molar-refractivity contribution in [1.82, 2.24) is 0 Å². The lowest BCUT2D eigenvalue weighted by atomic mass is 9.87. The third kappa shape index (κ3) is 7.69. The van der Waals surface area contributed by atoms with Crippen molar-refractivity contribution in [3.63, 3.8) is 0 Å². The molecule has 0 aromatic heterocycles. The molecule has 1 saturated heterocycles. The van der Waals surface area contributed by atoms with Gasteiger partial charge in [0.25, 0.3) is 0 Å². The number of methoxy groups -OCH3 is 2. The van der Waals surface area contributed by atoms with Crippen LogP contribution < -0.4 is 23.8 Å². The van der Waals surface area contributed by atoms with E-state index < -0.39 is 24.3 Å². The number of nitrogens with zero attached hydrogens (tertiary/aromatic N) is 1. The van der Waals surface area contributed by atoms with Crippen molar-refractivity contribution < 1.29 is 29.2 Å². The molecule has 0 bridgehead atoms. The molecule has 1 fully saturated rings. The first-order valence-corrected chi connectivity index (χ1v) is 16.6. The quantitative estimate of drug-likeness (QED) is 0.148. The number of ether oxygens (including phenoxy) is 4. The summed E-state index contributed by atoms with van der Waals surface area (Å²) in [7, 11) is 3.30. The molecule has 0 aliphatic carbocycles. The molecular weight excluding hydrogens is 614 g/mol. The van der Waals surface area contributed by atoms with E-state index in [0.29, 0.717) is 13.2 Å². The van der Waals surface area contributed by atoms with E-state index in [0.717, 1.165) is 50.9 Å². The molecule has 0 saturated carbocycles. The SMILES string of the molecule is COc1ccc(COc2ccc([C@@H]3[C@@H](O)[C@H](O)[C@@H](c4ccc(OCc5ccc(OC)cc5)cc4)N3c3ccc(C(C)(C)C)cc3)cc2)cc1. The first-order valence-electron chi connectivity index (χ1n) is 16.6. The van der Waals surface area contributed by atoms with Crippen molar-refractivity contribution in [3.05, 3.63) is 149 Å². The van der Waals surface area contributed by atoms with Crippen LogP contribution in [-0.4, -0.2) is 36.6 Å². The van der Waals surface area contributed by atoms with Crippen LogP contribution in [-0.2, 0) is 18.6 Å². The predicted molar refractivity (Wildman–Crippen MR) is 193 cm³/mol. The van der Waals surface area contributed by atoms with Crippen molar-refractivity contribution in [2.75, 3.05) is 19.1 Å². The number of benzene rings is 5. The fourth-order valence-corrected chi connectivity index (χ4v) is 6.35. The normalized spacial score (nSPS) is 19.0. The van der Waals surface area contributed by atoms with Gasteiger partial charge in [0.15, 0.2) is 0 Å². The highest BCUT2D eigenvalue weighted by atomic mass is 16.5. The molecule has 1 aliphatic heterocycles. The highest BCUT2D eigenvalue weighted by molar-refractivity contribution is 5.57. The molecule has 1 aliphatic rings.